The third kappa shape index (κ3) is 3.28. The second-order valence-electron chi connectivity index (χ2n) is 6.24. The normalized spacial score (nSPS) is 11.0. The van der Waals surface area contributed by atoms with Crippen molar-refractivity contribution in [1.29, 1.82) is 0 Å². The fraction of sp³-hybridized carbons (Fsp3) is 0.143. The van der Waals surface area contributed by atoms with Crippen molar-refractivity contribution < 1.29 is 0 Å². The predicted octanol–water partition coefficient (Wildman–Crippen LogP) is 6.53. The van der Waals surface area contributed by atoms with Crippen LogP contribution in [0.5, 0.6) is 0 Å². The number of thiazole rings is 2. The van der Waals surface area contributed by atoms with Crippen LogP contribution in [0.15, 0.2) is 53.2 Å². The van der Waals surface area contributed by atoms with Gasteiger partial charge in [0.15, 0.2) is 10.0 Å². The van der Waals surface area contributed by atoms with Gasteiger partial charge in [-0.25, -0.2) is 9.97 Å². The number of hydrogen-bond acceptors (Lipinski definition) is 4. The summed E-state index contributed by atoms with van der Waals surface area (Å²) in [6.45, 7) is 6.37. The Morgan fingerprint density at radius 1 is 0.640 bits per heavy atom. The van der Waals surface area contributed by atoms with Crippen LogP contribution in [0.1, 0.15) is 16.7 Å². The summed E-state index contributed by atoms with van der Waals surface area (Å²) >= 11 is 3.31. The summed E-state index contributed by atoms with van der Waals surface area (Å²) in [6, 6.07) is 15.0. The molecule has 2 aromatic carbocycles. The van der Waals surface area contributed by atoms with Gasteiger partial charge in [0.2, 0.25) is 0 Å². The Bertz CT molecular complexity index is 1030. The molecule has 124 valence electrons. The number of aromatic nitrogens is 2. The Morgan fingerprint density at radius 3 is 1.80 bits per heavy atom. The van der Waals surface area contributed by atoms with Crippen LogP contribution in [0, 0.1) is 20.8 Å². The highest BCUT2D eigenvalue weighted by Crippen LogP contribution is 2.33. The van der Waals surface area contributed by atoms with E-state index in [1.807, 2.05) is 0 Å². The first-order valence-corrected chi connectivity index (χ1v) is 9.92. The Kier molecular flexibility index (Phi) is 4.24. The molecule has 0 saturated carbocycles. The van der Waals surface area contributed by atoms with Gasteiger partial charge in [-0.3, -0.25) is 0 Å². The second-order valence-corrected chi connectivity index (χ2v) is 7.96. The van der Waals surface area contributed by atoms with E-state index >= 15 is 0 Å². The lowest BCUT2D eigenvalue weighted by Gasteiger charge is -2.02. The number of aryl methyl sites for hydroxylation is 3. The summed E-state index contributed by atoms with van der Waals surface area (Å²) in [5.74, 6) is 0. The first kappa shape index (κ1) is 16.2. The lowest BCUT2D eigenvalue weighted by atomic mass is 10.1. The highest BCUT2D eigenvalue weighted by molar-refractivity contribution is 7.20. The van der Waals surface area contributed by atoms with Crippen LogP contribution < -0.4 is 0 Å². The summed E-state index contributed by atoms with van der Waals surface area (Å²) in [4.78, 5) is 9.59. The van der Waals surface area contributed by atoms with Gasteiger partial charge in [0.1, 0.15) is 0 Å². The Morgan fingerprint density at radius 2 is 1.20 bits per heavy atom. The summed E-state index contributed by atoms with van der Waals surface area (Å²) in [7, 11) is 0. The molecule has 2 heterocycles. The van der Waals surface area contributed by atoms with Crippen molar-refractivity contribution in [3.8, 4) is 32.5 Å². The molecule has 0 spiro atoms. The first-order valence-electron chi connectivity index (χ1n) is 8.16. The van der Waals surface area contributed by atoms with E-state index < -0.39 is 0 Å². The molecule has 0 atom stereocenters. The third-order valence-corrected chi connectivity index (χ3v) is 6.17. The predicted molar refractivity (Wildman–Crippen MR) is 108 cm³/mol. The van der Waals surface area contributed by atoms with Crippen molar-refractivity contribution >= 4 is 22.7 Å². The van der Waals surface area contributed by atoms with E-state index in [1.165, 1.54) is 22.3 Å². The molecule has 4 rings (SSSR count). The number of hydrogen-bond donors (Lipinski definition) is 0. The highest BCUT2D eigenvalue weighted by Gasteiger charge is 2.12. The molecule has 0 aliphatic carbocycles. The number of rotatable bonds is 3. The van der Waals surface area contributed by atoms with Crippen molar-refractivity contribution in [3.05, 3.63) is 69.9 Å². The van der Waals surface area contributed by atoms with Crippen molar-refractivity contribution in [3.63, 3.8) is 0 Å². The van der Waals surface area contributed by atoms with Crippen LogP contribution in [0.25, 0.3) is 32.5 Å². The SMILES string of the molecule is Cc1ccc(-c2csc(-c3nc(-c4ccc(C)c(C)c4)cs3)n2)cc1. The van der Waals surface area contributed by atoms with Gasteiger partial charge in [-0.1, -0.05) is 42.0 Å². The molecule has 0 amide bonds. The van der Waals surface area contributed by atoms with E-state index in [9.17, 15) is 0 Å². The monoisotopic (exact) mass is 362 g/mol. The highest BCUT2D eigenvalue weighted by atomic mass is 32.1. The quantitative estimate of drug-likeness (QED) is 0.414. The zero-order valence-corrected chi connectivity index (χ0v) is 16.0. The fourth-order valence-electron chi connectivity index (χ4n) is 2.63. The standard InChI is InChI=1S/C21H18N2S2/c1-13-4-7-16(8-5-13)18-11-24-20(22-18)21-23-19(12-25-21)17-9-6-14(2)15(3)10-17/h4-12H,1-3H3. The van der Waals surface area contributed by atoms with Gasteiger partial charge in [-0.15, -0.1) is 22.7 Å². The van der Waals surface area contributed by atoms with Gasteiger partial charge in [-0.05, 0) is 38.0 Å². The smallest absolute Gasteiger partial charge is 0.152 e. The molecular formula is C21H18N2S2. The molecule has 0 N–H and O–H groups in total. The molecular weight excluding hydrogens is 344 g/mol. The molecule has 0 unspecified atom stereocenters. The molecule has 0 radical (unpaired) electrons. The van der Waals surface area contributed by atoms with E-state index in [2.05, 4.69) is 74.0 Å². The maximum atomic E-state index is 4.81. The zero-order valence-electron chi connectivity index (χ0n) is 14.4. The van der Waals surface area contributed by atoms with Crippen molar-refractivity contribution in [2.75, 3.05) is 0 Å². The van der Waals surface area contributed by atoms with Crippen molar-refractivity contribution in [2.24, 2.45) is 0 Å². The first-order chi connectivity index (χ1) is 12.1. The van der Waals surface area contributed by atoms with Crippen molar-refractivity contribution in [2.45, 2.75) is 20.8 Å². The van der Waals surface area contributed by atoms with E-state index in [-0.39, 0.29) is 0 Å². The van der Waals surface area contributed by atoms with Gasteiger partial charge in [0.25, 0.3) is 0 Å². The Balaban J connectivity index is 1.64. The molecule has 0 aliphatic heterocycles. The summed E-state index contributed by atoms with van der Waals surface area (Å²) < 4.78 is 0. The molecule has 0 aliphatic rings. The average Bonchev–Trinajstić information content (AvgIpc) is 3.27. The average molecular weight is 363 g/mol. The molecule has 25 heavy (non-hydrogen) atoms. The van der Waals surface area contributed by atoms with Gasteiger partial charge in [0, 0.05) is 21.9 Å². The van der Waals surface area contributed by atoms with Gasteiger partial charge >= 0.3 is 0 Å². The third-order valence-electron chi connectivity index (χ3n) is 4.34. The van der Waals surface area contributed by atoms with Gasteiger partial charge < -0.3 is 0 Å². The lowest BCUT2D eigenvalue weighted by Crippen LogP contribution is -1.84. The van der Waals surface area contributed by atoms with Gasteiger partial charge in [-0.2, -0.15) is 0 Å². The fourth-order valence-corrected chi connectivity index (χ4v) is 4.34. The largest absolute Gasteiger partial charge is 0.233 e. The van der Waals surface area contributed by atoms with E-state index in [0.29, 0.717) is 0 Å². The maximum absolute atomic E-state index is 4.81. The Labute approximate surface area is 155 Å². The molecule has 2 nitrogen and oxygen atoms in total. The molecule has 4 heteroatoms. The van der Waals surface area contributed by atoms with Gasteiger partial charge in [0.05, 0.1) is 11.4 Å². The van der Waals surface area contributed by atoms with Crippen LogP contribution in [-0.2, 0) is 0 Å². The number of benzene rings is 2. The van der Waals surface area contributed by atoms with Crippen LogP contribution in [0.4, 0.5) is 0 Å². The zero-order chi connectivity index (χ0) is 17.4. The number of nitrogens with zero attached hydrogens (tertiary/aromatic N) is 2. The summed E-state index contributed by atoms with van der Waals surface area (Å²) in [6.07, 6.45) is 0. The minimum absolute atomic E-state index is 0.982. The lowest BCUT2D eigenvalue weighted by molar-refractivity contribution is 1.31. The molecule has 0 bridgehead atoms. The van der Waals surface area contributed by atoms with E-state index in [1.54, 1.807) is 22.7 Å². The van der Waals surface area contributed by atoms with Crippen LogP contribution in [0.2, 0.25) is 0 Å². The summed E-state index contributed by atoms with van der Waals surface area (Å²) in [5, 5.41) is 6.19. The van der Waals surface area contributed by atoms with Crippen LogP contribution in [0.3, 0.4) is 0 Å². The summed E-state index contributed by atoms with van der Waals surface area (Å²) in [5.41, 5.74) is 8.22. The minimum atomic E-state index is 0.982. The molecule has 4 aromatic rings. The molecule has 0 fully saturated rings. The minimum Gasteiger partial charge on any atom is -0.233 e. The second kappa shape index (κ2) is 6.54. The van der Waals surface area contributed by atoms with E-state index in [0.717, 1.165) is 27.0 Å². The Hall–Kier alpha value is -2.30. The van der Waals surface area contributed by atoms with Crippen LogP contribution >= 0.6 is 22.7 Å². The maximum Gasteiger partial charge on any atom is 0.152 e. The van der Waals surface area contributed by atoms with Crippen molar-refractivity contribution in [1.82, 2.24) is 9.97 Å². The topological polar surface area (TPSA) is 25.8 Å². The molecule has 2 aromatic heterocycles. The van der Waals surface area contributed by atoms with Crippen LogP contribution in [-0.4, -0.2) is 9.97 Å². The van der Waals surface area contributed by atoms with E-state index in [4.69, 9.17) is 9.97 Å². The molecule has 0 saturated heterocycles.